The van der Waals surface area contributed by atoms with Crippen LogP contribution in [0.3, 0.4) is 0 Å². The van der Waals surface area contributed by atoms with Gasteiger partial charge in [0.05, 0.1) is 22.7 Å². The number of halogens is 2. The summed E-state index contributed by atoms with van der Waals surface area (Å²) in [5.74, 6) is -1.05. The second-order valence-electron chi connectivity index (χ2n) is 4.49. The maximum Gasteiger partial charge on any atom is 0.253 e. The highest BCUT2D eigenvalue weighted by Crippen LogP contribution is 2.24. The highest BCUT2D eigenvalue weighted by atomic mass is 35.5. The van der Waals surface area contributed by atoms with Crippen LogP contribution in [-0.2, 0) is 4.74 Å². The van der Waals surface area contributed by atoms with Crippen molar-refractivity contribution in [3.05, 3.63) is 34.6 Å². The zero-order valence-electron chi connectivity index (χ0n) is 10.5. The molecule has 0 saturated heterocycles. The highest BCUT2D eigenvalue weighted by molar-refractivity contribution is 6.34. The van der Waals surface area contributed by atoms with Gasteiger partial charge in [-0.1, -0.05) is 17.7 Å². The molecule has 0 radical (unpaired) electrons. The minimum Gasteiger partial charge on any atom is -0.376 e. The first-order chi connectivity index (χ1) is 9.04. The standard InChI is InChI=1S/C13H16ClFN2O2/c1-2-19-10-6-9(16)12(10)17-13(18)7-4-3-5-8(15)11(7)14/h3-5,9-10,12H,2,6,16H2,1H3,(H,17,18). The number of ether oxygens (including phenoxy) is 1. The molecule has 1 aliphatic carbocycles. The van der Waals surface area contributed by atoms with E-state index in [0.29, 0.717) is 13.0 Å². The second kappa shape index (κ2) is 5.86. The van der Waals surface area contributed by atoms with Gasteiger partial charge in [-0.2, -0.15) is 0 Å². The van der Waals surface area contributed by atoms with Gasteiger partial charge in [0.2, 0.25) is 0 Å². The number of hydrogen-bond donors (Lipinski definition) is 2. The Kier molecular flexibility index (Phi) is 4.39. The molecule has 0 aliphatic heterocycles. The van der Waals surface area contributed by atoms with Gasteiger partial charge in [0.1, 0.15) is 5.82 Å². The fourth-order valence-corrected chi connectivity index (χ4v) is 2.35. The Bertz CT molecular complexity index is 482. The topological polar surface area (TPSA) is 64.3 Å². The SMILES string of the molecule is CCOC1CC(N)C1NC(=O)c1cccc(F)c1Cl. The molecule has 0 bridgehead atoms. The zero-order chi connectivity index (χ0) is 14.0. The average Bonchev–Trinajstić information content (AvgIpc) is 2.39. The third-order valence-corrected chi connectivity index (χ3v) is 3.63. The summed E-state index contributed by atoms with van der Waals surface area (Å²) < 4.78 is 18.7. The van der Waals surface area contributed by atoms with Crippen molar-refractivity contribution in [2.45, 2.75) is 31.5 Å². The van der Waals surface area contributed by atoms with Gasteiger partial charge in [0, 0.05) is 12.6 Å². The molecule has 2 rings (SSSR count). The zero-order valence-corrected chi connectivity index (χ0v) is 11.3. The molecule has 6 heteroatoms. The molecule has 104 valence electrons. The lowest BCUT2D eigenvalue weighted by Gasteiger charge is -2.42. The third kappa shape index (κ3) is 2.88. The van der Waals surface area contributed by atoms with Crippen molar-refractivity contribution >= 4 is 17.5 Å². The second-order valence-corrected chi connectivity index (χ2v) is 4.87. The van der Waals surface area contributed by atoms with E-state index in [1.54, 1.807) is 0 Å². The Hall–Kier alpha value is -1.17. The molecule has 0 spiro atoms. The van der Waals surface area contributed by atoms with Crippen molar-refractivity contribution in [2.24, 2.45) is 5.73 Å². The molecule has 1 amide bonds. The van der Waals surface area contributed by atoms with Crippen LogP contribution in [0.2, 0.25) is 5.02 Å². The van der Waals surface area contributed by atoms with E-state index < -0.39 is 11.7 Å². The Morgan fingerprint density at radius 1 is 1.63 bits per heavy atom. The highest BCUT2D eigenvalue weighted by Gasteiger charge is 2.40. The lowest BCUT2D eigenvalue weighted by Crippen LogP contribution is -2.64. The number of carbonyl (C=O) groups is 1. The quantitative estimate of drug-likeness (QED) is 0.886. The van der Waals surface area contributed by atoms with Crippen LogP contribution < -0.4 is 11.1 Å². The molecule has 3 N–H and O–H groups in total. The smallest absolute Gasteiger partial charge is 0.253 e. The van der Waals surface area contributed by atoms with Crippen molar-refractivity contribution in [3.63, 3.8) is 0 Å². The van der Waals surface area contributed by atoms with E-state index in [1.165, 1.54) is 18.2 Å². The number of hydrogen-bond acceptors (Lipinski definition) is 3. The number of rotatable bonds is 4. The first-order valence-corrected chi connectivity index (χ1v) is 6.54. The molecule has 1 aromatic rings. The number of benzene rings is 1. The predicted octanol–water partition coefficient (Wildman–Crippen LogP) is 1.71. The maximum absolute atomic E-state index is 13.3. The van der Waals surface area contributed by atoms with E-state index in [9.17, 15) is 9.18 Å². The van der Waals surface area contributed by atoms with Crippen molar-refractivity contribution < 1.29 is 13.9 Å². The summed E-state index contributed by atoms with van der Waals surface area (Å²) >= 11 is 5.77. The van der Waals surface area contributed by atoms with Gasteiger partial charge in [0.15, 0.2) is 0 Å². The van der Waals surface area contributed by atoms with E-state index in [2.05, 4.69) is 5.32 Å². The van der Waals surface area contributed by atoms with Gasteiger partial charge < -0.3 is 15.8 Å². The fraction of sp³-hybridized carbons (Fsp3) is 0.462. The molecule has 3 unspecified atom stereocenters. The normalized spacial score (nSPS) is 25.8. The fourth-order valence-electron chi connectivity index (χ4n) is 2.14. The van der Waals surface area contributed by atoms with Gasteiger partial charge in [-0.3, -0.25) is 4.79 Å². The molecule has 1 fully saturated rings. The van der Waals surface area contributed by atoms with Crippen molar-refractivity contribution in [1.82, 2.24) is 5.32 Å². The molecule has 1 aliphatic rings. The summed E-state index contributed by atoms with van der Waals surface area (Å²) in [6.07, 6.45) is 0.617. The van der Waals surface area contributed by atoms with E-state index >= 15 is 0 Å². The molecule has 0 heterocycles. The first kappa shape index (κ1) is 14.2. The summed E-state index contributed by atoms with van der Waals surface area (Å²) in [6.45, 7) is 2.44. The van der Waals surface area contributed by atoms with E-state index in [0.717, 1.165) is 0 Å². The van der Waals surface area contributed by atoms with Crippen LogP contribution in [0.25, 0.3) is 0 Å². The Morgan fingerprint density at radius 2 is 2.37 bits per heavy atom. The summed E-state index contributed by atoms with van der Waals surface area (Å²) in [5.41, 5.74) is 5.94. The predicted molar refractivity (Wildman–Crippen MR) is 70.7 cm³/mol. The van der Waals surface area contributed by atoms with Crippen LogP contribution in [0, 0.1) is 5.82 Å². The number of carbonyl (C=O) groups excluding carboxylic acids is 1. The summed E-state index contributed by atoms with van der Waals surface area (Å²) in [6, 6.07) is 3.72. The Morgan fingerprint density at radius 3 is 3.00 bits per heavy atom. The molecule has 3 atom stereocenters. The molecule has 19 heavy (non-hydrogen) atoms. The molecule has 4 nitrogen and oxygen atoms in total. The lowest BCUT2D eigenvalue weighted by molar-refractivity contribution is -0.0300. The monoisotopic (exact) mass is 286 g/mol. The van der Waals surface area contributed by atoms with Crippen molar-refractivity contribution in [3.8, 4) is 0 Å². The van der Waals surface area contributed by atoms with Crippen LogP contribution >= 0.6 is 11.6 Å². The lowest BCUT2D eigenvalue weighted by atomic mass is 9.83. The Labute approximate surface area is 116 Å². The average molecular weight is 287 g/mol. The van der Waals surface area contributed by atoms with Gasteiger partial charge in [0.25, 0.3) is 5.91 Å². The van der Waals surface area contributed by atoms with E-state index in [4.69, 9.17) is 22.1 Å². The van der Waals surface area contributed by atoms with Crippen LogP contribution in [0.4, 0.5) is 4.39 Å². The minimum absolute atomic E-state index is 0.0868. The van der Waals surface area contributed by atoms with Gasteiger partial charge in [-0.15, -0.1) is 0 Å². The maximum atomic E-state index is 13.3. The van der Waals surface area contributed by atoms with E-state index in [1.807, 2.05) is 6.92 Å². The Balaban J connectivity index is 2.06. The van der Waals surface area contributed by atoms with Crippen LogP contribution in [0.5, 0.6) is 0 Å². The summed E-state index contributed by atoms with van der Waals surface area (Å²) in [4.78, 5) is 12.0. The van der Waals surface area contributed by atoms with Gasteiger partial charge in [-0.05, 0) is 25.5 Å². The van der Waals surface area contributed by atoms with E-state index in [-0.39, 0.29) is 28.8 Å². The largest absolute Gasteiger partial charge is 0.376 e. The summed E-state index contributed by atoms with van der Waals surface area (Å²) in [7, 11) is 0. The molecular formula is C13H16ClFN2O2. The van der Waals surface area contributed by atoms with Crippen molar-refractivity contribution in [2.75, 3.05) is 6.61 Å². The van der Waals surface area contributed by atoms with Crippen molar-refractivity contribution in [1.29, 1.82) is 0 Å². The van der Waals surface area contributed by atoms with Crippen LogP contribution in [0.15, 0.2) is 18.2 Å². The minimum atomic E-state index is -0.617. The molecular weight excluding hydrogens is 271 g/mol. The number of nitrogens with two attached hydrogens (primary N) is 1. The summed E-state index contributed by atoms with van der Waals surface area (Å²) in [5, 5.41) is 2.57. The number of amides is 1. The van der Waals surface area contributed by atoms with Crippen LogP contribution in [0.1, 0.15) is 23.7 Å². The molecule has 1 aromatic carbocycles. The molecule has 0 aromatic heterocycles. The number of nitrogens with one attached hydrogen (secondary N) is 1. The molecule has 1 saturated carbocycles. The third-order valence-electron chi connectivity index (χ3n) is 3.24. The van der Waals surface area contributed by atoms with Crippen LogP contribution in [-0.4, -0.2) is 30.7 Å². The van der Waals surface area contributed by atoms with Gasteiger partial charge in [-0.25, -0.2) is 4.39 Å². The van der Waals surface area contributed by atoms with Gasteiger partial charge >= 0.3 is 0 Å². The first-order valence-electron chi connectivity index (χ1n) is 6.16.